The highest BCUT2D eigenvalue weighted by Gasteiger charge is 2.59. The van der Waals surface area contributed by atoms with E-state index in [1.54, 1.807) is 45.7 Å². The number of nitrogens with zero attached hydrogens (tertiary/aromatic N) is 4. The van der Waals surface area contributed by atoms with Crippen molar-refractivity contribution in [2.24, 2.45) is 0 Å². The van der Waals surface area contributed by atoms with E-state index in [0.29, 0.717) is 48.6 Å². The standard InChI is InChI=1S/C25H29F3N4O3/c1-15-14-18(16-6-8-17(9-7-16)25(26,27)28)30-20(29-15)19-10-11-24(12-13-31(5)21(24)33)32(19)22(34)35-23(2,3)4/h6-9,14,19H,10-13H2,1-5H3/t19-,24-/m0/s1. The highest BCUT2D eigenvalue weighted by molar-refractivity contribution is 5.92. The Morgan fingerprint density at radius 2 is 1.77 bits per heavy atom. The van der Waals surface area contributed by atoms with Crippen molar-refractivity contribution < 1.29 is 27.5 Å². The fraction of sp³-hybridized carbons (Fsp3) is 0.520. The second-order valence-electron chi connectivity index (χ2n) is 10.2. The number of aryl methyl sites for hydroxylation is 1. The first kappa shape index (κ1) is 24.9. The van der Waals surface area contributed by atoms with Crippen LogP contribution in [0.4, 0.5) is 18.0 Å². The third kappa shape index (κ3) is 4.70. The van der Waals surface area contributed by atoms with Gasteiger partial charge in [0.05, 0.1) is 17.3 Å². The molecule has 0 radical (unpaired) electrons. The first-order chi connectivity index (χ1) is 16.2. The molecule has 0 saturated carbocycles. The number of amides is 2. The quantitative estimate of drug-likeness (QED) is 0.583. The average molecular weight is 491 g/mol. The van der Waals surface area contributed by atoms with E-state index in [2.05, 4.69) is 9.97 Å². The van der Waals surface area contributed by atoms with E-state index in [1.165, 1.54) is 17.0 Å². The molecule has 1 aromatic carbocycles. The summed E-state index contributed by atoms with van der Waals surface area (Å²) in [7, 11) is 1.71. The van der Waals surface area contributed by atoms with Crippen LogP contribution in [0.2, 0.25) is 0 Å². The minimum atomic E-state index is -4.43. The van der Waals surface area contributed by atoms with Crippen molar-refractivity contribution in [3.05, 3.63) is 47.4 Å². The van der Waals surface area contributed by atoms with Crippen LogP contribution in [0.1, 0.15) is 63.2 Å². The van der Waals surface area contributed by atoms with Crippen LogP contribution in [0.25, 0.3) is 11.3 Å². The molecular weight excluding hydrogens is 461 g/mol. The molecule has 2 aliphatic rings. The number of hydrogen-bond acceptors (Lipinski definition) is 5. The Balaban J connectivity index is 1.74. The summed E-state index contributed by atoms with van der Waals surface area (Å²) >= 11 is 0. The minimum Gasteiger partial charge on any atom is -0.444 e. The number of alkyl halides is 3. The third-order valence-electron chi connectivity index (χ3n) is 6.48. The Morgan fingerprint density at radius 1 is 1.11 bits per heavy atom. The predicted molar refractivity (Wildman–Crippen MR) is 122 cm³/mol. The Kier molecular flexibility index (Phi) is 6.05. The van der Waals surface area contributed by atoms with E-state index >= 15 is 0 Å². The summed E-state index contributed by atoms with van der Waals surface area (Å²) in [6, 6.07) is 5.84. The second-order valence-corrected chi connectivity index (χ2v) is 10.2. The molecule has 2 atom stereocenters. The van der Waals surface area contributed by atoms with E-state index in [9.17, 15) is 22.8 Å². The molecule has 2 fully saturated rings. The number of likely N-dealkylation sites (N-methyl/N-ethyl adjacent to an activating group) is 1. The van der Waals surface area contributed by atoms with Gasteiger partial charge >= 0.3 is 12.3 Å². The van der Waals surface area contributed by atoms with Gasteiger partial charge in [-0.3, -0.25) is 9.69 Å². The summed E-state index contributed by atoms with van der Waals surface area (Å²) in [5.74, 6) is 0.200. The van der Waals surface area contributed by atoms with Gasteiger partial charge in [0.2, 0.25) is 5.91 Å². The fourth-order valence-corrected chi connectivity index (χ4v) is 4.87. The Bertz CT molecular complexity index is 1140. The van der Waals surface area contributed by atoms with Gasteiger partial charge in [0.25, 0.3) is 0 Å². The van der Waals surface area contributed by atoms with Crippen LogP contribution in [-0.2, 0) is 15.7 Å². The summed E-state index contributed by atoms with van der Waals surface area (Å²) in [6.07, 6.45) is -3.64. The van der Waals surface area contributed by atoms with Crippen molar-refractivity contribution in [3.63, 3.8) is 0 Å². The maximum absolute atomic E-state index is 13.4. The van der Waals surface area contributed by atoms with Gasteiger partial charge in [-0.25, -0.2) is 14.8 Å². The fourth-order valence-electron chi connectivity index (χ4n) is 4.87. The number of carbonyl (C=O) groups is 2. The van der Waals surface area contributed by atoms with Crippen molar-refractivity contribution in [3.8, 4) is 11.3 Å². The summed E-state index contributed by atoms with van der Waals surface area (Å²) in [4.78, 5) is 38.9. The van der Waals surface area contributed by atoms with Gasteiger partial charge < -0.3 is 9.64 Å². The van der Waals surface area contributed by atoms with Crippen molar-refractivity contribution >= 4 is 12.0 Å². The molecule has 2 aromatic rings. The first-order valence-electron chi connectivity index (χ1n) is 11.5. The number of hydrogen-bond donors (Lipinski definition) is 0. The summed E-state index contributed by atoms with van der Waals surface area (Å²) in [5, 5.41) is 0. The molecule has 4 rings (SSSR count). The lowest BCUT2D eigenvalue weighted by atomic mass is 9.94. The van der Waals surface area contributed by atoms with Gasteiger partial charge in [-0.1, -0.05) is 12.1 Å². The highest BCUT2D eigenvalue weighted by atomic mass is 19.4. The third-order valence-corrected chi connectivity index (χ3v) is 6.48. The number of halogens is 3. The van der Waals surface area contributed by atoms with Crippen LogP contribution in [-0.4, -0.2) is 56.5 Å². The average Bonchev–Trinajstić information content (AvgIpc) is 3.28. The van der Waals surface area contributed by atoms with E-state index in [4.69, 9.17) is 4.74 Å². The first-order valence-corrected chi connectivity index (χ1v) is 11.5. The molecule has 2 aliphatic heterocycles. The van der Waals surface area contributed by atoms with Crippen molar-refractivity contribution in [2.45, 2.75) is 70.3 Å². The number of benzene rings is 1. The molecule has 188 valence electrons. The molecule has 0 unspecified atom stereocenters. The number of ether oxygens (including phenoxy) is 1. The Morgan fingerprint density at radius 3 is 2.31 bits per heavy atom. The molecule has 3 heterocycles. The van der Waals surface area contributed by atoms with Gasteiger partial charge in [-0.15, -0.1) is 0 Å². The molecule has 10 heteroatoms. The van der Waals surface area contributed by atoms with Crippen LogP contribution in [0.15, 0.2) is 30.3 Å². The summed E-state index contributed by atoms with van der Waals surface area (Å²) in [5.41, 5.74) is -0.991. The maximum Gasteiger partial charge on any atom is 0.416 e. The molecule has 2 amide bonds. The number of likely N-dealkylation sites (tertiary alicyclic amines) is 2. The lowest BCUT2D eigenvalue weighted by Crippen LogP contribution is -2.54. The molecule has 0 N–H and O–H groups in total. The van der Waals surface area contributed by atoms with Crippen molar-refractivity contribution in [2.75, 3.05) is 13.6 Å². The predicted octanol–water partition coefficient (Wildman–Crippen LogP) is 5.14. The SMILES string of the molecule is Cc1cc(-c2ccc(C(F)(F)F)cc2)nc([C@@H]2CC[C@@]3(CCN(C)C3=O)N2C(=O)OC(C)(C)C)n1. The van der Waals surface area contributed by atoms with E-state index in [0.717, 1.165) is 12.1 Å². The summed E-state index contributed by atoms with van der Waals surface area (Å²) < 4.78 is 44.7. The van der Waals surface area contributed by atoms with E-state index < -0.39 is 35.0 Å². The van der Waals surface area contributed by atoms with Crippen LogP contribution in [0.5, 0.6) is 0 Å². The largest absolute Gasteiger partial charge is 0.444 e. The molecule has 0 aliphatic carbocycles. The van der Waals surface area contributed by atoms with Crippen LogP contribution in [0.3, 0.4) is 0 Å². The Labute approximate surface area is 202 Å². The van der Waals surface area contributed by atoms with E-state index in [-0.39, 0.29) is 5.91 Å². The topological polar surface area (TPSA) is 75.6 Å². The van der Waals surface area contributed by atoms with Crippen LogP contribution < -0.4 is 0 Å². The lowest BCUT2D eigenvalue weighted by molar-refractivity contribution is -0.137. The van der Waals surface area contributed by atoms with Gasteiger partial charge in [0.15, 0.2) is 5.82 Å². The molecule has 2 saturated heterocycles. The smallest absolute Gasteiger partial charge is 0.416 e. The Hall–Kier alpha value is -3.17. The van der Waals surface area contributed by atoms with Crippen molar-refractivity contribution in [1.29, 1.82) is 0 Å². The van der Waals surface area contributed by atoms with Crippen LogP contribution >= 0.6 is 0 Å². The second kappa shape index (κ2) is 8.49. The van der Waals surface area contributed by atoms with Crippen molar-refractivity contribution in [1.82, 2.24) is 19.8 Å². The maximum atomic E-state index is 13.4. The molecule has 1 spiro atoms. The zero-order chi connectivity index (χ0) is 25.8. The van der Waals surface area contributed by atoms with E-state index in [1.807, 2.05) is 0 Å². The monoisotopic (exact) mass is 490 g/mol. The zero-order valence-electron chi connectivity index (χ0n) is 20.4. The lowest BCUT2D eigenvalue weighted by Gasteiger charge is -2.37. The molecule has 7 nitrogen and oxygen atoms in total. The zero-order valence-corrected chi connectivity index (χ0v) is 20.4. The van der Waals surface area contributed by atoms with Gasteiger partial charge in [-0.05, 0) is 65.2 Å². The van der Waals surface area contributed by atoms with Gasteiger partial charge in [0, 0.05) is 24.8 Å². The molecule has 1 aromatic heterocycles. The molecule has 0 bridgehead atoms. The normalized spacial score (nSPS) is 22.9. The highest BCUT2D eigenvalue weighted by Crippen LogP contribution is 2.48. The number of carbonyl (C=O) groups excluding carboxylic acids is 2. The summed E-state index contributed by atoms with van der Waals surface area (Å²) in [6.45, 7) is 7.57. The van der Waals surface area contributed by atoms with Gasteiger partial charge in [-0.2, -0.15) is 13.2 Å². The molecular formula is C25H29F3N4O3. The number of aromatic nitrogens is 2. The van der Waals surface area contributed by atoms with Crippen LogP contribution in [0, 0.1) is 6.92 Å². The van der Waals surface area contributed by atoms with Gasteiger partial charge in [0.1, 0.15) is 11.1 Å². The number of rotatable bonds is 2. The minimum absolute atomic E-state index is 0.138. The molecule has 35 heavy (non-hydrogen) atoms.